The monoisotopic (exact) mass is 389 g/mol. The van der Waals surface area contributed by atoms with E-state index in [0.29, 0.717) is 6.10 Å². The van der Waals surface area contributed by atoms with Crippen molar-refractivity contribution >= 4 is 0 Å². The van der Waals surface area contributed by atoms with Gasteiger partial charge in [0.25, 0.3) is 0 Å². The van der Waals surface area contributed by atoms with Crippen LogP contribution in [0.4, 0.5) is 0 Å². The second kappa shape index (κ2) is 9.09. The Morgan fingerprint density at radius 2 is 2.00 bits per heavy atom. The highest BCUT2D eigenvalue weighted by molar-refractivity contribution is 5.28. The van der Waals surface area contributed by atoms with Gasteiger partial charge in [-0.15, -0.1) is 0 Å². The maximum absolute atomic E-state index is 6.67. The topological polar surface area (TPSA) is 37.4 Å². The van der Waals surface area contributed by atoms with Crippen molar-refractivity contribution in [2.45, 2.75) is 31.1 Å². The van der Waals surface area contributed by atoms with E-state index in [1.165, 1.54) is 5.56 Å². The standard InChI is InChI=1S/C22H35N3O3/c1-23-8-10-24(11-9-23)16-21-6-7-22(28-21)17-25(12-13-27-18-22)15-19-4-3-5-20(14-19)26-2/h3-5,14,21H,6-13,15-18H2,1-2H3. The zero-order chi connectivity index (χ0) is 19.4. The summed E-state index contributed by atoms with van der Waals surface area (Å²) in [5.41, 5.74) is 1.13. The lowest BCUT2D eigenvalue weighted by Gasteiger charge is -2.35. The Morgan fingerprint density at radius 3 is 2.82 bits per heavy atom. The summed E-state index contributed by atoms with van der Waals surface area (Å²) in [6.07, 6.45) is 2.58. The van der Waals surface area contributed by atoms with E-state index in [0.717, 1.165) is 84.2 Å². The fraction of sp³-hybridized carbons (Fsp3) is 0.727. The molecule has 0 saturated carbocycles. The van der Waals surface area contributed by atoms with Crippen molar-refractivity contribution in [2.24, 2.45) is 0 Å². The van der Waals surface area contributed by atoms with Crippen LogP contribution in [0.25, 0.3) is 0 Å². The highest BCUT2D eigenvalue weighted by Crippen LogP contribution is 2.34. The largest absolute Gasteiger partial charge is 0.497 e. The number of ether oxygens (including phenoxy) is 3. The molecule has 1 aromatic carbocycles. The molecule has 28 heavy (non-hydrogen) atoms. The summed E-state index contributed by atoms with van der Waals surface area (Å²) in [7, 11) is 3.93. The van der Waals surface area contributed by atoms with E-state index in [2.05, 4.69) is 39.9 Å². The van der Waals surface area contributed by atoms with Crippen LogP contribution in [0.2, 0.25) is 0 Å². The highest BCUT2D eigenvalue weighted by atomic mass is 16.6. The lowest BCUT2D eigenvalue weighted by molar-refractivity contribution is -0.0938. The molecule has 3 aliphatic rings. The normalized spacial score (nSPS) is 30.6. The number of hydrogen-bond acceptors (Lipinski definition) is 6. The van der Waals surface area contributed by atoms with E-state index in [4.69, 9.17) is 14.2 Å². The van der Waals surface area contributed by atoms with Crippen LogP contribution >= 0.6 is 0 Å². The number of hydrogen-bond donors (Lipinski definition) is 0. The Bertz CT molecular complexity index is 635. The van der Waals surface area contributed by atoms with Crippen LogP contribution in [0.15, 0.2) is 24.3 Å². The summed E-state index contributed by atoms with van der Waals surface area (Å²) in [6, 6.07) is 8.37. The van der Waals surface area contributed by atoms with Crippen LogP contribution in [-0.4, -0.2) is 99.6 Å². The summed E-state index contributed by atoms with van der Waals surface area (Å²) in [4.78, 5) is 7.46. The third-order valence-corrected chi connectivity index (χ3v) is 6.37. The molecule has 0 bridgehead atoms. The van der Waals surface area contributed by atoms with E-state index in [-0.39, 0.29) is 5.60 Å². The van der Waals surface area contributed by atoms with Crippen molar-refractivity contribution in [3.63, 3.8) is 0 Å². The molecule has 6 nitrogen and oxygen atoms in total. The molecule has 1 aromatic rings. The van der Waals surface area contributed by atoms with Crippen LogP contribution in [-0.2, 0) is 16.0 Å². The Kier molecular flexibility index (Phi) is 6.53. The lowest BCUT2D eigenvalue weighted by Crippen LogP contribution is -2.48. The van der Waals surface area contributed by atoms with Gasteiger partial charge in [-0.25, -0.2) is 0 Å². The minimum Gasteiger partial charge on any atom is -0.497 e. The minimum atomic E-state index is -0.146. The molecular formula is C22H35N3O3. The van der Waals surface area contributed by atoms with Gasteiger partial charge in [-0.2, -0.15) is 0 Å². The van der Waals surface area contributed by atoms with Gasteiger partial charge in [0, 0.05) is 52.4 Å². The molecule has 6 heteroatoms. The van der Waals surface area contributed by atoms with Crippen molar-refractivity contribution in [1.29, 1.82) is 0 Å². The van der Waals surface area contributed by atoms with Crippen molar-refractivity contribution < 1.29 is 14.2 Å². The van der Waals surface area contributed by atoms with Gasteiger partial charge in [0.15, 0.2) is 0 Å². The Labute approximate surface area is 169 Å². The Hall–Kier alpha value is -1.18. The molecule has 2 unspecified atom stereocenters. The number of benzene rings is 1. The number of methoxy groups -OCH3 is 1. The fourth-order valence-corrected chi connectivity index (χ4v) is 4.71. The van der Waals surface area contributed by atoms with Gasteiger partial charge in [-0.05, 0) is 37.6 Å². The molecule has 0 amide bonds. The first-order valence-electron chi connectivity index (χ1n) is 10.7. The quantitative estimate of drug-likeness (QED) is 0.763. The fourth-order valence-electron chi connectivity index (χ4n) is 4.71. The second-order valence-electron chi connectivity index (χ2n) is 8.68. The molecule has 0 aliphatic carbocycles. The molecule has 156 valence electrons. The van der Waals surface area contributed by atoms with Crippen LogP contribution in [0.1, 0.15) is 18.4 Å². The first-order valence-corrected chi connectivity index (χ1v) is 10.7. The maximum atomic E-state index is 6.67. The molecule has 1 spiro atoms. The van der Waals surface area contributed by atoms with Gasteiger partial charge in [-0.3, -0.25) is 9.80 Å². The maximum Gasteiger partial charge on any atom is 0.119 e. The molecule has 3 saturated heterocycles. The number of nitrogens with zero attached hydrogens (tertiary/aromatic N) is 3. The lowest BCUT2D eigenvalue weighted by atomic mass is 9.99. The van der Waals surface area contributed by atoms with Gasteiger partial charge in [0.2, 0.25) is 0 Å². The van der Waals surface area contributed by atoms with E-state index in [9.17, 15) is 0 Å². The summed E-state index contributed by atoms with van der Waals surface area (Å²) in [5, 5.41) is 0. The van der Waals surface area contributed by atoms with E-state index in [1.54, 1.807) is 7.11 Å². The Balaban J connectivity index is 1.34. The Morgan fingerprint density at radius 1 is 1.14 bits per heavy atom. The van der Waals surface area contributed by atoms with Crippen LogP contribution in [0.3, 0.4) is 0 Å². The second-order valence-corrected chi connectivity index (χ2v) is 8.68. The first kappa shape index (κ1) is 20.1. The predicted molar refractivity (Wildman–Crippen MR) is 110 cm³/mol. The van der Waals surface area contributed by atoms with Gasteiger partial charge in [0.1, 0.15) is 11.4 Å². The molecule has 3 aliphatic heterocycles. The predicted octanol–water partition coefficient (Wildman–Crippen LogP) is 1.69. The van der Waals surface area contributed by atoms with Crippen LogP contribution in [0, 0.1) is 0 Å². The van der Waals surface area contributed by atoms with Gasteiger partial charge >= 0.3 is 0 Å². The van der Waals surface area contributed by atoms with Crippen molar-refractivity contribution in [2.75, 3.05) is 73.2 Å². The van der Waals surface area contributed by atoms with Crippen molar-refractivity contribution in [3.8, 4) is 5.75 Å². The smallest absolute Gasteiger partial charge is 0.119 e. The van der Waals surface area contributed by atoms with E-state index in [1.807, 2.05) is 6.07 Å². The summed E-state index contributed by atoms with van der Waals surface area (Å²) >= 11 is 0. The van der Waals surface area contributed by atoms with Gasteiger partial charge < -0.3 is 19.1 Å². The summed E-state index contributed by atoms with van der Waals surface area (Å²) in [5.74, 6) is 0.919. The third kappa shape index (κ3) is 5.05. The molecule has 0 radical (unpaired) electrons. The van der Waals surface area contributed by atoms with Crippen molar-refractivity contribution in [1.82, 2.24) is 14.7 Å². The van der Waals surface area contributed by atoms with Crippen molar-refractivity contribution in [3.05, 3.63) is 29.8 Å². The summed E-state index contributed by atoms with van der Waals surface area (Å²) < 4.78 is 18.0. The molecular weight excluding hydrogens is 354 g/mol. The summed E-state index contributed by atoms with van der Waals surface area (Å²) in [6.45, 7) is 10.0. The number of piperazine rings is 1. The van der Waals surface area contributed by atoms with E-state index < -0.39 is 0 Å². The highest BCUT2D eigenvalue weighted by Gasteiger charge is 2.43. The third-order valence-electron chi connectivity index (χ3n) is 6.37. The van der Waals surface area contributed by atoms with Gasteiger partial charge in [-0.1, -0.05) is 12.1 Å². The first-order chi connectivity index (χ1) is 13.6. The zero-order valence-corrected chi connectivity index (χ0v) is 17.4. The molecule has 0 aromatic heterocycles. The zero-order valence-electron chi connectivity index (χ0n) is 17.4. The molecule has 4 rings (SSSR count). The van der Waals surface area contributed by atoms with E-state index >= 15 is 0 Å². The molecule has 2 atom stereocenters. The molecule has 3 heterocycles. The molecule has 0 N–H and O–H groups in total. The minimum absolute atomic E-state index is 0.146. The molecule has 3 fully saturated rings. The average molecular weight is 390 g/mol. The average Bonchev–Trinajstić information content (AvgIpc) is 2.98. The SMILES string of the molecule is COc1cccc(CN2CCOCC3(CCC(CN4CCN(C)CC4)O3)C2)c1. The van der Waals surface area contributed by atoms with Crippen LogP contribution < -0.4 is 4.74 Å². The number of rotatable bonds is 5. The number of likely N-dealkylation sites (N-methyl/N-ethyl adjacent to an activating group) is 1. The van der Waals surface area contributed by atoms with Crippen LogP contribution in [0.5, 0.6) is 5.75 Å². The van der Waals surface area contributed by atoms with Gasteiger partial charge in [0.05, 0.1) is 26.4 Å².